The van der Waals surface area contributed by atoms with Crippen LogP contribution >= 0.6 is 0 Å². The lowest BCUT2D eigenvalue weighted by Crippen LogP contribution is -2.37. The molecule has 0 amide bonds. The second-order valence-electron chi connectivity index (χ2n) is 12.3. The number of rotatable bonds is 30. The maximum absolute atomic E-state index is 2.62. The average Bonchev–Trinajstić information content (AvgIpc) is 3.31. The Morgan fingerprint density at radius 2 is 0.816 bits per heavy atom. The molecule has 0 spiro atoms. The summed E-state index contributed by atoms with van der Waals surface area (Å²) in [5.74, 6) is 1.61. The third kappa shape index (κ3) is 20.2. The van der Waals surface area contributed by atoms with Gasteiger partial charge in [0.25, 0.3) is 5.82 Å². The van der Waals surface area contributed by atoms with Crippen LogP contribution in [0.2, 0.25) is 0 Å². The van der Waals surface area contributed by atoms with Crippen molar-refractivity contribution < 1.29 is 4.57 Å². The second kappa shape index (κ2) is 27.8. The first kappa shape index (κ1) is 35.2. The Kier molecular flexibility index (Phi) is 25.7. The van der Waals surface area contributed by atoms with Crippen molar-refractivity contribution >= 4 is 0 Å². The predicted octanol–water partition coefficient (Wildman–Crippen LogP) is 11.9. The summed E-state index contributed by atoms with van der Waals surface area (Å²) >= 11 is 0. The molecule has 1 aromatic rings. The Morgan fingerprint density at radius 3 is 1.26 bits per heavy atom. The van der Waals surface area contributed by atoms with E-state index in [9.17, 15) is 0 Å². The zero-order valence-corrected chi connectivity index (χ0v) is 26.8. The molecular weight excluding hydrogens is 460 g/mol. The van der Waals surface area contributed by atoms with E-state index < -0.39 is 0 Å². The highest BCUT2D eigenvalue weighted by molar-refractivity contribution is 4.84. The molecule has 0 aliphatic heterocycles. The van der Waals surface area contributed by atoms with Crippen LogP contribution in [0.1, 0.15) is 200 Å². The number of imidazole rings is 1. The first-order chi connectivity index (χ1) is 18.8. The van der Waals surface area contributed by atoms with E-state index >= 15 is 0 Å². The summed E-state index contributed by atoms with van der Waals surface area (Å²) in [6.07, 6.45) is 44.4. The number of aryl methyl sites for hydroxylation is 2. The molecule has 1 rings (SSSR count). The number of nitrogens with zero attached hydrogens (tertiary/aromatic N) is 2. The molecule has 0 unspecified atom stereocenters. The van der Waals surface area contributed by atoms with Gasteiger partial charge in [0.15, 0.2) is 0 Å². The standard InChI is InChI=1S/C36H71N2/c1-4-7-10-13-15-17-19-21-23-26-29-32-37-34-35-38(36(37)31-28-25-12-9-6-3)33-30-27-24-22-20-18-16-14-11-8-5-2/h34-35H,4-33H2,1-3H3/q+1. The first-order valence-corrected chi connectivity index (χ1v) is 17.9. The molecule has 1 heterocycles. The smallest absolute Gasteiger partial charge is 0.234 e. The zero-order valence-electron chi connectivity index (χ0n) is 26.8. The third-order valence-electron chi connectivity index (χ3n) is 8.60. The molecule has 0 radical (unpaired) electrons. The quantitative estimate of drug-likeness (QED) is 0.0689. The Labute approximate surface area is 240 Å². The summed E-state index contributed by atoms with van der Waals surface area (Å²) in [5, 5.41) is 0. The fourth-order valence-corrected chi connectivity index (χ4v) is 5.97. The summed E-state index contributed by atoms with van der Waals surface area (Å²) in [4.78, 5) is 0. The topological polar surface area (TPSA) is 8.81 Å². The Morgan fingerprint density at radius 1 is 0.447 bits per heavy atom. The van der Waals surface area contributed by atoms with Gasteiger partial charge in [-0.3, -0.25) is 0 Å². The van der Waals surface area contributed by atoms with Crippen molar-refractivity contribution in [1.29, 1.82) is 0 Å². The van der Waals surface area contributed by atoms with E-state index in [0.717, 1.165) is 0 Å². The van der Waals surface area contributed by atoms with Gasteiger partial charge in [0, 0.05) is 6.42 Å². The van der Waals surface area contributed by atoms with Crippen molar-refractivity contribution in [2.45, 2.75) is 214 Å². The highest BCUT2D eigenvalue weighted by Gasteiger charge is 2.16. The number of hydrogen-bond donors (Lipinski definition) is 0. The van der Waals surface area contributed by atoms with Crippen molar-refractivity contribution in [3.05, 3.63) is 18.2 Å². The molecular formula is C36H71N2+. The van der Waals surface area contributed by atoms with E-state index in [1.807, 2.05) is 0 Å². The highest BCUT2D eigenvalue weighted by atomic mass is 15.1. The molecule has 38 heavy (non-hydrogen) atoms. The van der Waals surface area contributed by atoms with E-state index in [0.29, 0.717) is 0 Å². The molecule has 2 heteroatoms. The molecule has 0 bridgehead atoms. The molecule has 0 atom stereocenters. The fourth-order valence-electron chi connectivity index (χ4n) is 5.97. The SMILES string of the molecule is CCCCCCCCCCCCCn1cc[n+](CCCCCCCCCCCCC)c1CCCCCCC. The van der Waals surface area contributed by atoms with Gasteiger partial charge in [0.1, 0.15) is 12.4 Å². The van der Waals surface area contributed by atoms with E-state index in [4.69, 9.17) is 0 Å². The molecule has 0 aliphatic carbocycles. The summed E-state index contributed by atoms with van der Waals surface area (Å²) in [7, 11) is 0. The van der Waals surface area contributed by atoms with Gasteiger partial charge >= 0.3 is 0 Å². The fraction of sp³-hybridized carbons (Fsp3) is 0.917. The average molecular weight is 532 g/mol. The van der Waals surface area contributed by atoms with Gasteiger partial charge in [0.05, 0.1) is 13.1 Å². The molecule has 0 aromatic carbocycles. The lowest BCUT2D eigenvalue weighted by atomic mass is 10.1. The Balaban J connectivity index is 2.26. The normalized spacial score (nSPS) is 11.6. The largest absolute Gasteiger partial charge is 0.256 e. The minimum absolute atomic E-state index is 1.23. The minimum Gasteiger partial charge on any atom is -0.234 e. The number of unbranched alkanes of at least 4 members (excludes halogenated alkanes) is 24. The van der Waals surface area contributed by atoms with Gasteiger partial charge in [-0.15, -0.1) is 0 Å². The zero-order chi connectivity index (χ0) is 27.4. The maximum atomic E-state index is 2.62. The molecule has 0 saturated carbocycles. The lowest BCUT2D eigenvalue weighted by molar-refractivity contribution is -0.704. The summed E-state index contributed by atoms with van der Waals surface area (Å²) in [6.45, 7) is 9.39. The van der Waals surface area contributed by atoms with Crippen LogP contribution < -0.4 is 4.57 Å². The van der Waals surface area contributed by atoms with E-state index in [1.165, 1.54) is 193 Å². The first-order valence-electron chi connectivity index (χ1n) is 17.9. The van der Waals surface area contributed by atoms with Gasteiger partial charge in [-0.2, -0.15) is 0 Å². The third-order valence-corrected chi connectivity index (χ3v) is 8.60. The van der Waals surface area contributed by atoms with Crippen LogP contribution in [0.15, 0.2) is 12.4 Å². The monoisotopic (exact) mass is 532 g/mol. The number of hydrogen-bond acceptors (Lipinski definition) is 0. The van der Waals surface area contributed by atoms with Crippen molar-refractivity contribution in [1.82, 2.24) is 4.57 Å². The second-order valence-corrected chi connectivity index (χ2v) is 12.3. The molecule has 2 nitrogen and oxygen atoms in total. The van der Waals surface area contributed by atoms with Crippen LogP contribution in [-0.2, 0) is 19.5 Å². The maximum Gasteiger partial charge on any atom is 0.256 e. The highest BCUT2D eigenvalue weighted by Crippen LogP contribution is 2.14. The van der Waals surface area contributed by atoms with Crippen LogP contribution in [0.25, 0.3) is 0 Å². The van der Waals surface area contributed by atoms with Gasteiger partial charge < -0.3 is 0 Å². The lowest BCUT2D eigenvalue weighted by Gasteiger charge is -2.07. The van der Waals surface area contributed by atoms with Crippen LogP contribution in [-0.4, -0.2) is 4.57 Å². The van der Waals surface area contributed by atoms with Gasteiger partial charge in [0.2, 0.25) is 0 Å². The van der Waals surface area contributed by atoms with Crippen molar-refractivity contribution in [2.24, 2.45) is 0 Å². The van der Waals surface area contributed by atoms with Crippen molar-refractivity contribution in [2.75, 3.05) is 0 Å². The van der Waals surface area contributed by atoms with Crippen LogP contribution in [0.4, 0.5) is 0 Å². The van der Waals surface area contributed by atoms with E-state index in [2.05, 4.69) is 42.3 Å². The minimum atomic E-state index is 1.23. The predicted molar refractivity (Wildman–Crippen MR) is 170 cm³/mol. The van der Waals surface area contributed by atoms with Gasteiger partial charge in [-0.1, -0.05) is 162 Å². The molecule has 0 N–H and O–H groups in total. The van der Waals surface area contributed by atoms with Crippen molar-refractivity contribution in [3.63, 3.8) is 0 Å². The van der Waals surface area contributed by atoms with Crippen LogP contribution in [0, 0.1) is 0 Å². The molecule has 0 aliphatic rings. The Hall–Kier alpha value is -0.790. The van der Waals surface area contributed by atoms with Crippen LogP contribution in [0.5, 0.6) is 0 Å². The molecule has 0 fully saturated rings. The molecule has 224 valence electrons. The summed E-state index contributed by atoms with van der Waals surface area (Å²) in [5.41, 5.74) is 0. The number of aromatic nitrogens is 2. The van der Waals surface area contributed by atoms with Gasteiger partial charge in [-0.25, -0.2) is 9.13 Å². The molecule has 0 saturated heterocycles. The van der Waals surface area contributed by atoms with Gasteiger partial charge in [-0.05, 0) is 32.1 Å². The summed E-state index contributed by atoms with van der Waals surface area (Å²) in [6, 6.07) is 0. The van der Waals surface area contributed by atoms with Crippen LogP contribution in [0.3, 0.4) is 0 Å². The van der Waals surface area contributed by atoms with E-state index in [-0.39, 0.29) is 0 Å². The van der Waals surface area contributed by atoms with Crippen molar-refractivity contribution in [3.8, 4) is 0 Å². The summed E-state index contributed by atoms with van der Waals surface area (Å²) < 4.78 is 5.23. The molecule has 1 aromatic heterocycles. The Bertz CT molecular complexity index is 547. The van der Waals surface area contributed by atoms with E-state index in [1.54, 1.807) is 5.82 Å².